The van der Waals surface area contributed by atoms with Gasteiger partial charge in [-0.15, -0.1) is 0 Å². The highest BCUT2D eigenvalue weighted by molar-refractivity contribution is 5.93. The average Bonchev–Trinajstić information content (AvgIpc) is 3.34. The zero-order valence-corrected chi connectivity index (χ0v) is 14.7. The number of rotatable bonds is 2. The van der Waals surface area contributed by atoms with Crippen LogP contribution in [0.15, 0.2) is 48.9 Å². The number of carbonyl (C=O) groups excluding carboxylic acids is 1. The molecule has 132 valence electrons. The normalized spacial score (nSPS) is 22.5. The van der Waals surface area contributed by atoms with Gasteiger partial charge in [-0.25, -0.2) is 9.97 Å². The molecule has 0 N–H and O–H groups in total. The fourth-order valence-corrected chi connectivity index (χ4v) is 4.73. The van der Waals surface area contributed by atoms with Gasteiger partial charge in [0.25, 0.3) is 5.91 Å². The van der Waals surface area contributed by atoms with Crippen molar-refractivity contribution in [1.82, 2.24) is 19.3 Å². The van der Waals surface area contributed by atoms with Crippen LogP contribution in [0.5, 0.6) is 0 Å². The van der Waals surface area contributed by atoms with Crippen molar-refractivity contribution < 1.29 is 4.79 Å². The molecule has 3 aromatic rings. The van der Waals surface area contributed by atoms with E-state index >= 15 is 0 Å². The van der Waals surface area contributed by atoms with Gasteiger partial charge in [0.15, 0.2) is 0 Å². The second-order valence-electron chi connectivity index (χ2n) is 7.36. The van der Waals surface area contributed by atoms with Crippen LogP contribution in [-0.4, -0.2) is 37.8 Å². The second kappa shape index (κ2) is 6.24. The lowest BCUT2D eigenvalue weighted by atomic mass is 9.78. The molecule has 5 rings (SSSR count). The maximum Gasteiger partial charge on any atom is 0.274 e. The first-order valence-electron chi connectivity index (χ1n) is 9.50. The van der Waals surface area contributed by atoms with Gasteiger partial charge in [0.1, 0.15) is 5.69 Å². The lowest BCUT2D eigenvalue weighted by Crippen LogP contribution is -2.40. The van der Waals surface area contributed by atoms with E-state index in [2.05, 4.69) is 39.1 Å². The first-order valence-corrected chi connectivity index (χ1v) is 9.50. The second-order valence-corrected chi connectivity index (χ2v) is 7.36. The fourth-order valence-electron chi connectivity index (χ4n) is 4.73. The lowest BCUT2D eigenvalue weighted by Gasteiger charge is -2.35. The van der Waals surface area contributed by atoms with Gasteiger partial charge >= 0.3 is 0 Å². The molecule has 2 aromatic heterocycles. The number of benzene rings is 1. The summed E-state index contributed by atoms with van der Waals surface area (Å²) in [7, 11) is 0. The van der Waals surface area contributed by atoms with E-state index in [9.17, 15) is 4.79 Å². The van der Waals surface area contributed by atoms with Gasteiger partial charge in [-0.2, -0.15) is 0 Å². The Morgan fingerprint density at radius 1 is 1.12 bits per heavy atom. The van der Waals surface area contributed by atoms with Crippen LogP contribution in [-0.2, 0) is 6.42 Å². The third-order valence-corrected chi connectivity index (χ3v) is 5.89. The summed E-state index contributed by atoms with van der Waals surface area (Å²) in [6, 6.07) is 10.9. The molecule has 0 radical (unpaired) electrons. The van der Waals surface area contributed by atoms with E-state index in [0.717, 1.165) is 32.2 Å². The van der Waals surface area contributed by atoms with Gasteiger partial charge < -0.3 is 4.90 Å². The van der Waals surface area contributed by atoms with Crippen molar-refractivity contribution in [2.75, 3.05) is 6.54 Å². The molecular formula is C21H22N4O. The summed E-state index contributed by atoms with van der Waals surface area (Å²) < 4.78 is 1.81. The molecule has 2 atom stereocenters. The first-order chi connectivity index (χ1) is 12.8. The predicted molar refractivity (Wildman–Crippen MR) is 99.2 cm³/mol. The number of aromatic nitrogens is 3. The van der Waals surface area contributed by atoms with E-state index in [0.29, 0.717) is 17.4 Å². The maximum atomic E-state index is 13.2. The minimum atomic E-state index is 0.0426. The van der Waals surface area contributed by atoms with E-state index in [1.54, 1.807) is 12.4 Å². The van der Waals surface area contributed by atoms with Crippen molar-refractivity contribution in [1.29, 1.82) is 0 Å². The third kappa shape index (κ3) is 2.50. The molecule has 0 bridgehead atoms. The molecule has 26 heavy (non-hydrogen) atoms. The van der Waals surface area contributed by atoms with Crippen LogP contribution in [0, 0.1) is 0 Å². The standard InChI is InChI=1S/C21H22N4O/c26-20(18-14-24-12-5-11-22-21(24)23-18)25-13-4-10-19(25)17-9-3-7-15-6-1-2-8-16(15)17/h1-2,5-6,8,11-12,14,17,19H,3-4,7,9-10,13H2/t17-,19-/m0/s1. The first kappa shape index (κ1) is 15.6. The molecule has 1 saturated heterocycles. The highest BCUT2D eigenvalue weighted by Crippen LogP contribution is 2.40. The Morgan fingerprint density at radius 2 is 2.04 bits per heavy atom. The fraction of sp³-hybridized carbons (Fsp3) is 0.381. The summed E-state index contributed by atoms with van der Waals surface area (Å²) in [6.45, 7) is 0.823. The Labute approximate surface area is 152 Å². The molecule has 5 heteroatoms. The Bertz CT molecular complexity index is 930. The van der Waals surface area contributed by atoms with E-state index in [4.69, 9.17) is 0 Å². The van der Waals surface area contributed by atoms with Gasteiger partial charge in [-0.05, 0) is 49.3 Å². The molecule has 1 aliphatic carbocycles. The predicted octanol–water partition coefficient (Wildman–Crippen LogP) is 3.45. The zero-order chi connectivity index (χ0) is 17.5. The van der Waals surface area contributed by atoms with E-state index in [1.165, 1.54) is 17.5 Å². The molecule has 1 fully saturated rings. The smallest absolute Gasteiger partial charge is 0.274 e. The number of hydrogen-bond acceptors (Lipinski definition) is 3. The van der Waals surface area contributed by atoms with Crippen molar-refractivity contribution in [2.45, 2.75) is 44.1 Å². The lowest BCUT2D eigenvalue weighted by molar-refractivity contribution is 0.0705. The zero-order valence-electron chi connectivity index (χ0n) is 14.7. The summed E-state index contributed by atoms with van der Waals surface area (Å²) in [4.78, 5) is 23.9. The Morgan fingerprint density at radius 3 is 2.96 bits per heavy atom. The van der Waals surface area contributed by atoms with Gasteiger partial charge in [-0.1, -0.05) is 24.3 Å². The topological polar surface area (TPSA) is 50.5 Å². The van der Waals surface area contributed by atoms with Crippen molar-refractivity contribution >= 4 is 11.7 Å². The van der Waals surface area contributed by atoms with E-state index in [1.807, 2.05) is 16.7 Å². The van der Waals surface area contributed by atoms with Crippen LogP contribution in [0.3, 0.4) is 0 Å². The van der Waals surface area contributed by atoms with Crippen LogP contribution < -0.4 is 0 Å². The maximum absolute atomic E-state index is 13.2. The number of carbonyl (C=O) groups is 1. The molecular weight excluding hydrogens is 324 g/mol. The van der Waals surface area contributed by atoms with Crippen LogP contribution >= 0.6 is 0 Å². The summed E-state index contributed by atoms with van der Waals surface area (Å²) in [5.74, 6) is 1.07. The average molecular weight is 346 g/mol. The van der Waals surface area contributed by atoms with Gasteiger partial charge in [0.2, 0.25) is 5.78 Å². The number of fused-ring (bicyclic) bond motifs is 2. The summed E-state index contributed by atoms with van der Waals surface area (Å²) in [5.41, 5.74) is 3.40. The van der Waals surface area contributed by atoms with Crippen LogP contribution in [0.1, 0.15) is 53.2 Å². The Kier molecular flexibility index (Phi) is 3.73. The molecule has 0 unspecified atom stereocenters. The van der Waals surface area contributed by atoms with Gasteiger partial charge in [-0.3, -0.25) is 9.20 Å². The highest BCUT2D eigenvalue weighted by atomic mass is 16.2. The molecule has 1 amide bonds. The number of aryl methyl sites for hydroxylation is 1. The number of nitrogens with zero attached hydrogens (tertiary/aromatic N) is 4. The van der Waals surface area contributed by atoms with Crippen molar-refractivity contribution in [3.63, 3.8) is 0 Å². The monoisotopic (exact) mass is 346 g/mol. The molecule has 5 nitrogen and oxygen atoms in total. The van der Waals surface area contributed by atoms with Gasteiger partial charge in [0, 0.05) is 37.1 Å². The quantitative estimate of drug-likeness (QED) is 0.714. The summed E-state index contributed by atoms with van der Waals surface area (Å²) in [6.07, 6.45) is 11.1. The number of imidazole rings is 1. The largest absolute Gasteiger partial charge is 0.334 e. The highest BCUT2D eigenvalue weighted by Gasteiger charge is 2.38. The van der Waals surface area contributed by atoms with Crippen LogP contribution in [0.25, 0.3) is 5.78 Å². The van der Waals surface area contributed by atoms with Crippen LogP contribution in [0.2, 0.25) is 0 Å². The Balaban J connectivity index is 1.47. The van der Waals surface area contributed by atoms with Crippen molar-refractivity contribution in [2.24, 2.45) is 0 Å². The summed E-state index contributed by atoms with van der Waals surface area (Å²) >= 11 is 0. The van der Waals surface area contributed by atoms with E-state index < -0.39 is 0 Å². The number of likely N-dealkylation sites (tertiary alicyclic amines) is 1. The molecule has 3 heterocycles. The number of hydrogen-bond donors (Lipinski definition) is 0. The van der Waals surface area contributed by atoms with Crippen molar-refractivity contribution in [3.8, 4) is 0 Å². The minimum absolute atomic E-state index is 0.0426. The van der Waals surface area contributed by atoms with E-state index in [-0.39, 0.29) is 11.9 Å². The Hall–Kier alpha value is -2.69. The molecule has 1 aliphatic heterocycles. The molecule has 0 spiro atoms. The number of amides is 1. The van der Waals surface area contributed by atoms with Gasteiger partial charge in [0.05, 0.1) is 0 Å². The molecule has 2 aliphatic rings. The summed E-state index contributed by atoms with van der Waals surface area (Å²) in [5, 5.41) is 0. The van der Waals surface area contributed by atoms with Crippen LogP contribution in [0.4, 0.5) is 0 Å². The minimum Gasteiger partial charge on any atom is -0.334 e. The molecule has 1 aromatic carbocycles. The third-order valence-electron chi connectivity index (χ3n) is 5.89. The molecule has 0 saturated carbocycles. The van der Waals surface area contributed by atoms with Crippen molar-refractivity contribution in [3.05, 3.63) is 65.7 Å². The SMILES string of the molecule is O=C(c1cn2cccnc2n1)N1CCC[C@H]1[C@H]1CCCc2ccccc21.